The average molecular weight is 723 g/mol. The molecule has 0 aromatic heterocycles. The molecule has 52 heavy (non-hydrogen) atoms. The largest absolute Gasteiger partial charge is 0.493 e. The second kappa shape index (κ2) is 14.3. The van der Waals surface area contributed by atoms with E-state index in [0.29, 0.717) is 61.8 Å². The molecule has 0 aliphatic carbocycles. The van der Waals surface area contributed by atoms with E-state index in [1.807, 2.05) is 24.3 Å². The summed E-state index contributed by atoms with van der Waals surface area (Å²) in [5, 5.41) is 21.6. The third-order valence-corrected chi connectivity index (χ3v) is 13.5. The summed E-state index contributed by atoms with van der Waals surface area (Å²) in [6.07, 6.45) is 6.17. The molecule has 4 bridgehead atoms. The molecular formula is C40H54N2O10+2. The maximum absolute atomic E-state index is 13.7. The van der Waals surface area contributed by atoms with E-state index in [0.717, 1.165) is 45.8 Å². The van der Waals surface area contributed by atoms with Gasteiger partial charge in [0.2, 0.25) is 0 Å². The van der Waals surface area contributed by atoms with Crippen molar-refractivity contribution in [2.24, 2.45) is 17.3 Å². The number of quaternary nitrogens is 2. The van der Waals surface area contributed by atoms with Gasteiger partial charge in [-0.3, -0.25) is 19.2 Å². The van der Waals surface area contributed by atoms with Gasteiger partial charge in [-0.2, -0.15) is 0 Å². The lowest BCUT2D eigenvalue weighted by atomic mass is 9.57. The van der Waals surface area contributed by atoms with Crippen molar-refractivity contribution in [3.05, 3.63) is 47.5 Å². The van der Waals surface area contributed by atoms with Crippen LogP contribution in [-0.4, -0.2) is 95.5 Å². The van der Waals surface area contributed by atoms with Crippen molar-refractivity contribution in [2.45, 2.75) is 109 Å². The zero-order valence-electron chi connectivity index (χ0n) is 31.3. The van der Waals surface area contributed by atoms with Crippen LogP contribution in [0.4, 0.5) is 0 Å². The summed E-state index contributed by atoms with van der Waals surface area (Å²) >= 11 is 0. The van der Waals surface area contributed by atoms with Crippen LogP contribution in [-0.2, 0) is 32.3 Å². The highest BCUT2D eigenvalue weighted by Gasteiger charge is 2.64. The molecule has 2 N–H and O–H groups in total. The molecule has 4 fully saturated rings. The highest BCUT2D eigenvalue weighted by molar-refractivity contribution is 5.82. The summed E-state index contributed by atoms with van der Waals surface area (Å²) in [6, 6.07) is 12.0. The van der Waals surface area contributed by atoms with E-state index < -0.39 is 29.3 Å². The zero-order valence-corrected chi connectivity index (χ0v) is 31.3. The smallest absolute Gasteiger partial charge is 0.310 e. The second-order valence-electron chi connectivity index (χ2n) is 16.2. The topological polar surface area (TPSA) is 146 Å². The number of nitrogens with zero attached hydrogens (tertiary/aromatic N) is 2. The van der Waals surface area contributed by atoms with Gasteiger partial charge in [0.05, 0.1) is 64.3 Å². The van der Waals surface area contributed by atoms with Crippen molar-refractivity contribution in [3.63, 3.8) is 0 Å². The van der Waals surface area contributed by atoms with Crippen molar-refractivity contribution < 1.29 is 57.3 Å². The van der Waals surface area contributed by atoms with Crippen LogP contribution in [0.5, 0.6) is 23.0 Å². The summed E-state index contributed by atoms with van der Waals surface area (Å²) in [4.78, 5) is 49.6. The molecule has 0 saturated carbocycles. The van der Waals surface area contributed by atoms with Gasteiger partial charge in [-0.15, -0.1) is 0 Å². The fourth-order valence-electron chi connectivity index (χ4n) is 11.0. The van der Waals surface area contributed by atoms with Crippen molar-refractivity contribution in [1.29, 1.82) is 0 Å². The van der Waals surface area contributed by atoms with Crippen LogP contribution in [0.25, 0.3) is 0 Å². The molecular weight excluding hydrogens is 668 g/mol. The Morgan fingerprint density at radius 3 is 1.31 bits per heavy atom. The van der Waals surface area contributed by atoms with Gasteiger partial charge in [0.15, 0.2) is 23.0 Å². The number of ether oxygens (including phenoxy) is 4. The molecule has 2 aromatic carbocycles. The quantitative estimate of drug-likeness (QED) is 0.153. The maximum Gasteiger partial charge on any atom is 0.310 e. The fourth-order valence-corrected chi connectivity index (χ4v) is 11.0. The Hall–Kier alpha value is -4.16. The van der Waals surface area contributed by atoms with E-state index in [1.165, 1.54) is 13.8 Å². The number of carbonyl (C=O) groups is 4. The van der Waals surface area contributed by atoms with Gasteiger partial charge in [-0.1, -0.05) is 0 Å². The maximum atomic E-state index is 13.7. The number of esters is 2. The molecule has 4 aliphatic heterocycles. The number of rotatable bonds is 13. The molecule has 8 atom stereocenters. The van der Waals surface area contributed by atoms with Crippen molar-refractivity contribution in [3.8, 4) is 23.0 Å². The lowest BCUT2D eigenvalue weighted by molar-refractivity contribution is -0.963. The molecule has 282 valence electrons. The second-order valence-corrected chi connectivity index (χ2v) is 16.2. The average Bonchev–Trinajstić information content (AvgIpc) is 3.31. The fraction of sp³-hybridized carbons (Fsp3) is 0.600. The Morgan fingerprint density at radius 1 is 0.654 bits per heavy atom. The van der Waals surface area contributed by atoms with Crippen molar-refractivity contribution in [2.75, 3.05) is 28.3 Å². The van der Waals surface area contributed by atoms with Crippen LogP contribution in [0, 0.1) is 17.3 Å². The molecule has 6 rings (SSSR count). The molecule has 2 aromatic rings. The Morgan fingerprint density at radius 2 is 1.02 bits per heavy atom. The predicted octanol–water partition coefficient (Wildman–Crippen LogP) is 5.58. The number of hydrogen-bond acceptors (Lipinski definition) is 8. The molecule has 0 spiro atoms. The number of fused-ring (bicyclic) bond motifs is 4. The molecule has 4 heterocycles. The Balaban J connectivity index is 1.24. The number of methoxy groups -OCH3 is 2. The summed E-state index contributed by atoms with van der Waals surface area (Å²) in [6.45, 7) is 4.14. The van der Waals surface area contributed by atoms with E-state index in [1.54, 1.807) is 26.4 Å². The third kappa shape index (κ3) is 6.75. The summed E-state index contributed by atoms with van der Waals surface area (Å²) in [5.74, 6) is -1.62. The first-order valence-corrected chi connectivity index (χ1v) is 18.5. The minimum Gasteiger partial charge on any atom is -0.493 e. The van der Waals surface area contributed by atoms with E-state index in [-0.39, 0.29) is 42.4 Å². The van der Waals surface area contributed by atoms with Crippen LogP contribution in [0.2, 0.25) is 0 Å². The van der Waals surface area contributed by atoms with Gasteiger partial charge >= 0.3 is 23.9 Å². The number of aliphatic carboxylic acids is 2. The zero-order chi connectivity index (χ0) is 37.6. The highest BCUT2D eigenvalue weighted by atomic mass is 16.6. The van der Waals surface area contributed by atoms with Crippen LogP contribution in [0.3, 0.4) is 0 Å². The summed E-state index contributed by atoms with van der Waals surface area (Å²) < 4.78 is 23.2. The molecule has 0 radical (unpaired) electrons. The minimum absolute atomic E-state index is 0.196. The van der Waals surface area contributed by atoms with E-state index >= 15 is 0 Å². The lowest BCUT2D eigenvalue weighted by Crippen LogP contribution is -2.63. The van der Waals surface area contributed by atoms with Gasteiger partial charge in [-0.25, -0.2) is 0 Å². The highest BCUT2D eigenvalue weighted by Crippen LogP contribution is 2.59. The first-order chi connectivity index (χ1) is 24.6. The molecule has 4 unspecified atom stereocenters. The van der Waals surface area contributed by atoms with Crippen LogP contribution >= 0.6 is 0 Å². The van der Waals surface area contributed by atoms with Gasteiger partial charge < -0.3 is 38.1 Å². The Labute approximate surface area is 305 Å². The van der Waals surface area contributed by atoms with Crippen molar-refractivity contribution in [1.82, 2.24) is 0 Å². The molecule has 4 saturated heterocycles. The Kier molecular flexibility index (Phi) is 10.4. The van der Waals surface area contributed by atoms with E-state index in [9.17, 15) is 29.4 Å². The SMILES string of the molecule is COc1cc(C[N+]2(C)[C@@H]3CC[C@H]2CC(C(CC(=O)O)(C(=O)O)C2C[C@H]4CC[C@@H](C2)[N+]4(C)Cc2ccc(OC(C)=O)c(OC)c2)C3)ccc1OC(C)=O. The summed E-state index contributed by atoms with van der Waals surface area (Å²) in [5.41, 5.74) is 0.730. The van der Waals surface area contributed by atoms with Gasteiger partial charge in [0.25, 0.3) is 0 Å². The van der Waals surface area contributed by atoms with Gasteiger partial charge in [0, 0.05) is 76.3 Å². The number of piperidine rings is 2. The van der Waals surface area contributed by atoms with Crippen LogP contribution in [0.15, 0.2) is 36.4 Å². The number of carboxylic acid groups (broad SMARTS) is 2. The first kappa shape index (κ1) is 37.6. The minimum atomic E-state index is -1.35. The first-order valence-electron chi connectivity index (χ1n) is 18.5. The molecule has 4 aliphatic rings. The monoisotopic (exact) mass is 722 g/mol. The Bertz CT molecular complexity index is 1590. The number of benzene rings is 2. The van der Waals surface area contributed by atoms with Crippen molar-refractivity contribution >= 4 is 23.9 Å². The third-order valence-electron chi connectivity index (χ3n) is 13.5. The molecule has 12 nitrogen and oxygen atoms in total. The van der Waals surface area contributed by atoms with Crippen LogP contribution in [0.1, 0.15) is 82.8 Å². The summed E-state index contributed by atoms with van der Waals surface area (Å²) in [7, 11) is 7.60. The lowest BCUT2D eigenvalue weighted by Gasteiger charge is -2.55. The molecule has 12 heteroatoms. The van der Waals surface area contributed by atoms with E-state index in [2.05, 4.69) is 14.1 Å². The normalized spacial score (nSPS) is 31.7. The number of carbonyl (C=O) groups excluding carboxylic acids is 2. The van der Waals surface area contributed by atoms with Gasteiger partial charge in [-0.05, 0) is 48.2 Å². The van der Waals surface area contributed by atoms with Crippen LogP contribution < -0.4 is 18.9 Å². The van der Waals surface area contributed by atoms with Gasteiger partial charge in [0.1, 0.15) is 13.1 Å². The predicted molar refractivity (Wildman–Crippen MR) is 190 cm³/mol. The number of carboxylic acids is 2. The number of hydrogen-bond donors (Lipinski definition) is 2. The molecule has 0 amide bonds. The van der Waals surface area contributed by atoms with E-state index in [4.69, 9.17) is 18.9 Å². The standard InChI is InChI=1S/C40H52N2O10/c1-24(43)51-34-13-7-26(15-36(34)49-5)22-41(3)30-9-10-31(41)18-28(17-30)40(39(47)48,21-38(45)46)29-19-32-11-12-33(20-29)42(32,4)23-27-8-14-35(52-25(2)44)37(16-27)50-6/h7-8,13-16,28-33H,9-12,17-23H2,1-6H3/p+2/t28?,29?,30-,31+,32-,33+,40?,41?,42?.